The molecule has 1 aromatic carbocycles. The summed E-state index contributed by atoms with van der Waals surface area (Å²) in [7, 11) is 0. The number of nitrogens with one attached hydrogen (secondary N) is 1. The van der Waals surface area contributed by atoms with Crippen molar-refractivity contribution < 1.29 is 0 Å². The Bertz CT molecular complexity index is 428. The van der Waals surface area contributed by atoms with Crippen LogP contribution in [-0.4, -0.2) is 0 Å². The van der Waals surface area contributed by atoms with E-state index in [2.05, 4.69) is 12.3 Å². The van der Waals surface area contributed by atoms with Gasteiger partial charge in [0, 0.05) is 6.04 Å². The first-order valence-electron chi connectivity index (χ1n) is 7.56. The van der Waals surface area contributed by atoms with Gasteiger partial charge in [-0.15, -0.1) is 0 Å². The normalized spacial score (nSPS) is 24.6. The highest BCUT2D eigenvalue weighted by Crippen LogP contribution is 2.39. The molecule has 1 aromatic rings. The molecular weight excluding hydrogens is 291 g/mol. The molecule has 2 rings (SSSR count). The monoisotopic (exact) mass is 314 g/mol. The molecule has 3 N–H and O–H groups in total. The quantitative estimate of drug-likeness (QED) is 0.586. The Morgan fingerprint density at radius 1 is 1.20 bits per heavy atom. The van der Waals surface area contributed by atoms with Gasteiger partial charge in [-0.3, -0.25) is 11.3 Å². The van der Waals surface area contributed by atoms with Crippen LogP contribution in [-0.2, 0) is 0 Å². The first-order chi connectivity index (χ1) is 9.65. The number of benzene rings is 1. The van der Waals surface area contributed by atoms with Crippen LogP contribution in [0.5, 0.6) is 0 Å². The van der Waals surface area contributed by atoms with Gasteiger partial charge in [0.05, 0.1) is 10.0 Å². The number of nitrogens with two attached hydrogens (primary N) is 1. The SMILES string of the molecule is CCCC1CCC(C(NN)c2ccc(Cl)c(Cl)c2)CC1. The molecule has 0 spiro atoms. The smallest absolute Gasteiger partial charge is 0.0595 e. The van der Waals surface area contributed by atoms with Gasteiger partial charge in [-0.1, -0.05) is 61.9 Å². The number of hydrazine groups is 1. The molecule has 1 fully saturated rings. The summed E-state index contributed by atoms with van der Waals surface area (Å²) < 4.78 is 0. The summed E-state index contributed by atoms with van der Waals surface area (Å²) in [4.78, 5) is 0. The van der Waals surface area contributed by atoms with Crippen molar-refractivity contribution >= 4 is 23.2 Å². The summed E-state index contributed by atoms with van der Waals surface area (Å²) in [6, 6.07) is 5.99. The van der Waals surface area contributed by atoms with Gasteiger partial charge < -0.3 is 0 Å². The maximum atomic E-state index is 6.12. The van der Waals surface area contributed by atoms with Crippen molar-refractivity contribution in [3.8, 4) is 0 Å². The van der Waals surface area contributed by atoms with Gasteiger partial charge in [-0.25, -0.2) is 0 Å². The number of rotatable bonds is 5. The van der Waals surface area contributed by atoms with Crippen LogP contribution in [0.25, 0.3) is 0 Å². The van der Waals surface area contributed by atoms with Crippen LogP contribution in [0.2, 0.25) is 10.0 Å². The fraction of sp³-hybridized carbons (Fsp3) is 0.625. The van der Waals surface area contributed by atoms with Crippen molar-refractivity contribution in [1.29, 1.82) is 0 Å². The maximum absolute atomic E-state index is 6.12. The van der Waals surface area contributed by atoms with Gasteiger partial charge in [0.1, 0.15) is 0 Å². The van der Waals surface area contributed by atoms with Gasteiger partial charge in [-0.2, -0.15) is 0 Å². The molecule has 0 heterocycles. The zero-order valence-electron chi connectivity index (χ0n) is 12.0. The number of halogens is 2. The summed E-state index contributed by atoms with van der Waals surface area (Å²) in [5.74, 6) is 7.29. The highest BCUT2D eigenvalue weighted by atomic mass is 35.5. The second-order valence-corrected chi connectivity index (χ2v) is 6.70. The minimum Gasteiger partial charge on any atom is -0.271 e. The largest absolute Gasteiger partial charge is 0.271 e. The maximum Gasteiger partial charge on any atom is 0.0595 e. The molecule has 0 amide bonds. The lowest BCUT2D eigenvalue weighted by molar-refractivity contribution is 0.215. The Labute approximate surface area is 132 Å². The topological polar surface area (TPSA) is 38.0 Å². The van der Waals surface area contributed by atoms with Crippen LogP contribution < -0.4 is 11.3 Å². The molecule has 4 heteroatoms. The Balaban J connectivity index is 2.03. The second-order valence-electron chi connectivity index (χ2n) is 5.89. The summed E-state index contributed by atoms with van der Waals surface area (Å²) in [6.07, 6.45) is 7.76. The van der Waals surface area contributed by atoms with Gasteiger partial charge in [-0.05, 0) is 42.4 Å². The molecule has 112 valence electrons. The van der Waals surface area contributed by atoms with Crippen molar-refractivity contribution in [3.63, 3.8) is 0 Å². The van der Waals surface area contributed by atoms with E-state index in [1.807, 2.05) is 18.2 Å². The highest BCUT2D eigenvalue weighted by Gasteiger charge is 2.27. The van der Waals surface area contributed by atoms with E-state index < -0.39 is 0 Å². The van der Waals surface area contributed by atoms with Crippen molar-refractivity contribution in [1.82, 2.24) is 5.43 Å². The number of hydrogen-bond donors (Lipinski definition) is 2. The van der Waals surface area contributed by atoms with E-state index in [1.165, 1.54) is 38.5 Å². The van der Waals surface area contributed by atoms with Crippen LogP contribution in [0.3, 0.4) is 0 Å². The van der Waals surface area contributed by atoms with Crippen LogP contribution >= 0.6 is 23.2 Å². The molecule has 0 aliphatic heterocycles. The van der Waals surface area contributed by atoms with E-state index in [1.54, 1.807) is 0 Å². The summed E-state index contributed by atoms with van der Waals surface area (Å²) in [5.41, 5.74) is 4.12. The minimum absolute atomic E-state index is 0.173. The average molecular weight is 315 g/mol. The Kier molecular flexibility index (Phi) is 6.16. The van der Waals surface area contributed by atoms with Crippen molar-refractivity contribution in [3.05, 3.63) is 33.8 Å². The molecule has 2 nitrogen and oxygen atoms in total. The van der Waals surface area contributed by atoms with Crippen molar-refractivity contribution in [2.45, 2.75) is 51.5 Å². The molecule has 0 bridgehead atoms. The second kappa shape index (κ2) is 7.65. The molecule has 0 aromatic heterocycles. The fourth-order valence-corrected chi connectivity index (χ4v) is 3.74. The number of hydrogen-bond acceptors (Lipinski definition) is 2. The summed E-state index contributed by atoms with van der Waals surface area (Å²) in [5, 5.41) is 1.20. The van der Waals surface area contributed by atoms with Crippen molar-refractivity contribution in [2.24, 2.45) is 17.7 Å². The van der Waals surface area contributed by atoms with Crippen LogP contribution in [0.1, 0.15) is 57.1 Å². The third-order valence-corrected chi connectivity index (χ3v) is 5.28. The summed E-state index contributed by atoms with van der Waals surface area (Å²) >= 11 is 12.1. The van der Waals surface area contributed by atoms with Gasteiger partial charge in [0.15, 0.2) is 0 Å². The zero-order valence-corrected chi connectivity index (χ0v) is 13.6. The zero-order chi connectivity index (χ0) is 14.5. The predicted molar refractivity (Wildman–Crippen MR) is 86.9 cm³/mol. The van der Waals surface area contributed by atoms with E-state index in [-0.39, 0.29) is 6.04 Å². The highest BCUT2D eigenvalue weighted by molar-refractivity contribution is 6.42. The first-order valence-corrected chi connectivity index (χ1v) is 8.32. The molecule has 1 saturated carbocycles. The predicted octanol–water partition coefficient (Wildman–Crippen LogP) is 5.10. The van der Waals surface area contributed by atoms with Gasteiger partial charge in [0.25, 0.3) is 0 Å². The molecule has 0 saturated heterocycles. The summed E-state index contributed by atoms with van der Waals surface area (Å²) in [6.45, 7) is 2.27. The lowest BCUT2D eigenvalue weighted by atomic mass is 9.75. The molecule has 1 aliphatic rings. The average Bonchev–Trinajstić information content (AvgIpc) is 2.46. The van der Waals surface area contributed by atoms with E-state index in [0.717, 1.165) is 11.5 Å². The van der Waals surface area contributed by atoms with E-state index in [4.69, 9.17) is 29.0 Å². The Morgan fingerprint density at radius 2 is 1.90 bits per heavy atom. The van der Waals surface area contributed by atoms with E-state index in [0.29, 0.717) is 16.0 Å². The Hall–Kier alpha value is -0.280. The molecular formula is C16H24Cl2N2. The van der Waals surface area contributed by atoms with Crippen molar-refractivity contribution in [2.75, 3.05) is 0 Å². The fourth-order valence-electron chi connectivity index (χ4n) is 3.43. The molecule has 1 atom stereocenters. The van der Waals surface area contributed by atoms with Crippen LogP contribution in [0.15, 0.2) is 18.2 Å². The first kappa shape index (κ1) is 16.1. The molecule has 1 unspecified atom stereocenters. The van der Waals surface area contributed by atoms with Gasteiger partial charge in [0.2, 0.25) is 0 Å². The standard InChI is InChI=1S/C16H24Cl2N2/c1-2-3-11-4-6-12(7-5-11)16(20-19)13-8-9-14(17)15(18)10-13/h8-12,16,20H,2-7,19H2,1H3. The van der Waals surface area contributed by atoms with E-state index >= 15 is 0 Å². The Morgan fingerprint density at radius 3 is 2.45 bits per heavy atom. The van der Waals surface area contributed by atoms with E-state index in [9.17, 15) is 0 Å². The third-order valence-electron chi connectivity index (χ3n) is 4.54. The third kappa shape index (κ3) is 3.88. The minimum atomic E-state index is 0.173. The van der Waals surface area contributed by atoms with Crippen LogP contribution in [0.4, 0.5) is 0 Å². The van der Waals surface area contributed by atoms with Gasteiger partial charge >= 0.3 is 0 Å². The molecule has 1 aliphatic carbocycles. The lowest BCUT2D eigenvalue weighted by Crippen LogP contribution is -2.35. The molecule has 0 radical (unpaired) electrons. The molecule has 20 heavy (non-hydrogen) atoms. The lowest BCUT2D eigenvalue weighted by Gasteiger charge is -2.34. The van der Waals surface area contributed by atoms with Crippen LogP contribution in [0, 0.1) is 11.8 Å².